The maximum atomic E-state index is 14.0. The van der Waals surface area contributed by atoms with E-state index in [0.29, 0.717) is 31.7 Å². The lowest BCUT2D eigenvalue weighted by Gasteiger charge is -2.29. The number of aromatic amines is 1. The average molecular weight is 560 g/mol. The van der Waals surface area contributed by atoms with Crippen molar-refractivity contribution < 1.29 is 36.6 Å². The van der Waals surface area contributed by atoms with Crippen molar-refractivity contribution >= 4 is 12.2 Å². The second kappa shape index (κ2) is 15.5. The highest BCUT2D eigenvalue weighted by Gasteiger charge is 2.41. The van der Waals surface area contributed by atoms with Gasteiger partial charge in [-0.1, -0.05) is 6.92 Å². The molecule has 3 rings (SSSR count). The summed E-state index contributed by atoms with van der Waals surface area (Å²) in [7, 11) is 4.75. The van der Waals surface area contributed by atoms with Crippen LogP contribution in [0.15, 0.2) is 18.3 Å². The van der Waals surface area contributed by atoms with E-state index >= 15 is 0 Å². The number of aromatic nitrogens is 3. The molecule has 0 saturated heterocycles. The van der Waals surface area contributed by atoms with E-state index in [1.54, 1.807) is 7.05 Å². The second-order valence-electron chi connectivity index (χ2n) is 9.42. The number of nitrogens with one attached hydrogen (secondary N) is 3. The number of aldehydes is 1. The number of H-pyrrole nitrogens is 1. The number of hydrogen-bond acceptors (Lipinski definition) is 7. The van der Waals surface area contributed by atoms with Gasteiger partial charge in [0.05, 0.1) is 37.6 Å². The quantitative estimate of drug-likeness (QED) is 0.277. The first-order chi connectivity index (χ1) is 18.6. The minimum atomic E-state index is -3.97. The third-order valence-corrected chi connectivity index (χ3v) is 6.74. The van der Waals surface area contributed by atoms with Gasteiger partial charge in [0, 0.05) is 30.7 Å². The van der Waals surface area contributed by atoms with Gasteiger partial charge in [0.1, 0.15) is 12.0 Å². The predicted octanol–water partition coefficient (Wildman–Crippen LogP) is 4.31. The van der Waals surface area contributed by atoms with Crippen LogP contribution in [-0.2, 0) is 9.53 Å². The Kier molecular flexibility index (Phi) is 12.8. The number of alkyl halides is 3. The van der Waals surface area contributed by atoms with E-state index in [2.05, 4.69) is 25.8 Å². The number of rotatable bonds is 11. The number of pyridine rings is 1. The Morgan fingerprint density at radius 3 is 2.46 bits per heavy atom. The Labute approximate surface area is 225 Å². The van der Waals surface area contributed by atoms with Gasteiger partial charge in [-0.25, -0.2) is 9.37 Å². The van der Waals surface area contributed by atoms with E-state index in [4.69, 9.17) is 9.47 Å². The van der Waals surface area contributed by atoms with Gasteiger partial charge in [-0.05, 0) is 51.6 Å². The fraction of sp³-hybridized carbons (Fsp3) is 0.615. The zero-order valence-electron chi connectivity index (χ0n) is 22.6. The second-order valence-corrected chi connectivity index (χ2v) is 9.42. The molecule has 1 aliphatic carbocycles. The van der Waals surface area contributed by atoms with Crippen molar-refractivity contribution in [1.29, 1.82) is 0 Å². The van der Waals surface area contributed by atoms with E-state index in [0.717, 1.165) is 12.5 Å². The minimum absolute atomic E-state index is 0.164. The number of halogens is 4. The summed E-state index contributed by atoms with van der Waals surface area (Å²) in [6.45, 7) is 2.18. The van der Waals surface area contributed by atoms with E-state index in [9.17, 15) is 27.2 Å². The van der Waals surface area contributed by atoms with Crippen molar-refractivity contribution in [2.75, 3.05) is 27.9 Å². The number of amides is 1. The zero-order valence-corrected chi connectivity index (χ0v) is 22.6. The largest absolute Gasteiger partial charge is 0.481 e. The molecule has 2 atom stereocenters. The van der Waals surface area contributed by atoms with Crippen molar-refractivity contribution in [3.63, 3.8) is 0 Å². The molecule has 1 saturated carbocycles. The molecule has 39 heavy (non-hydrogen) atoms. The van der Waals surface area contributed by atoms with Crippen LogP contribution in [0.3, 0.4) is 0 Å². The molecule has 2 unspecified atom stereocenters. The fourth-order valence-electron chi connectivity index (χ4n) is 4.33. The summed E-state index contributed by atoms with van der Waals surface area (Å²) in [4.78, 5) is 27.3. The maximum absolute atomic E-state index is 14.0. The van der Waals surface area contributed by atoms with E-state index in [-0.39, 0.29) is 54.2 Å². The van der Waals surface area contributed by atoms with Crippen molar-refractivity contribution in [3.05, 3.63) is 29.8 Å². The lowest BCUT2D eigenvalue weighted by Crippen LogP contribution is -2.39. The number of nitrogens with zero attached hydrogens (tertiary/aromatic N) is 2. The summed E-state index contributed by atoms with van der Waals surface area (Å²) in [5.74, 6) is -1.98. The van der Waals surface area contributed by atoms with Gasteiger partial charge in [-0.3, -0.25) is 9.89 Å². The summed E-state index contributed by atoms with van der Waals surface area (Å²) < 4.78 is 60.6. The Morgan fingerprint density at radius 1 is 1.23 bits per heavy atom. The Balaban J connectivity index is 0.000000370. The molecule has 2 aromatic heterocycles. The van der Waals surface area contributed by atoms with Crippen LogP contribution in [0.2, 0.25) is 0 Å². The number of ether oxygens (including phenoxy) is 2. The first-order valence-corrected chi connectivity index (χ1v) is 12.8. The first kappa shape index (κ1) is 32.2. The Bertz CT molecular complexity index is 1040. The van der Waals surface area contributed by atoms with Crippen LogP contribution in [0.5, 0.6) is 5.88 Å². The van der Waals surface area contributed by atoms with Gasteiger partial charge in [0.25, 0.3) is 5.91 Å². The molecule has 0 spiro atoms. The van der Waals surface area contributed by atoms with Crippen LogP contribution in [0.1, 0.15) is 55.9 Å². The van der Waals surface area contributed by atoms with Crippen LogP contribution < -0.4 is 15.4 Å². The third-order valence-electron chi connectivity index (χ3n) is 6.74. The highest BCUT2D eigenvalue weighted by atomic mass is 19.4. The summed E-state index contributed by atoms with van der Waals surface area (Å²) in [6, 6.07) is 2.80. The summed E-state index contributed by atoms with van der Waals surface area (Å²) in [5.41, 5.74) is 0.582. The SMILES string of the molecule is CCC(C=O)CC(COC)NC(=O)c1cc(-c2cc(OC)ncc2F)n[nH]1.CNC1CCC(C(F)(F)F)CC1. The summed E-state index contributed by atoms with van der Waals surface area (Å²) >= 11 is 0. The van der Waals surface area contributed by atoms with Gasteiger partial charge in [0.2, 0.25) is 5.88 Å². The molecule has 13 heteroatoms. The van der Waals surface area contributed by atoms with Crippen LogP contribution in [0, 0.1) is 17.7 Å². The smallest absolute Gasteiger partial charge is 0.391 e. The average Bonchev–Trinajstić information content (AvgIpc) is 3.42. The van der Waals surface area contributed by atoms with Crippen molar-refractivity contribution in [2.45, 2.75) is 63.7 Å². The standard InChI is InChI=1S/C18H23FN4O4.C8H14F3N/c1-4-11(9-24)5-12(10-26-2)21-18(25)16-7-15(22-23-16)13-6-17(27-3)20-8-14(13)19;1-12-7-4-2-6(3-5-7)8(9,10)11/h6-9,11-12H,4-5,10H2,1-3H3,(H,21,25)(H,22,23);6-7,12H,2-5H2,1H3. The van der Waals surface area contributed by atoms with Gasteiger partial charge in [-0.15, -0.1) is 0 Å². The molecule has 2 heterocycles. The van der Waals surface area contributed by atoms with Crippen molar-refractivity contribution in [1.82, 2.24) is 25.8 Å². The molecule has 0 aromatic carbocycles. The van der Waals surface area contributed by atoms with Crippen LogP contribution in [-0.4, -0.2) is 73.5 Å². The molecule has 0 aliphatic heterocycles. The highest BCUT2D eigenvalue weighted by Crippen LogP contribution is 2.37. The molecule has 0 bridgehead atoms. The molecule has 3 N–H and O–H groups in total. The predicted molar refractivity (Wildman–Crippen MR) is 137 cm³/mol. The first-order valence-electron chi connectivity index (χ1n) is 12.8. The number of methoxy groups -OCH3 is 2. The molecule has 9 nitrogen and oxygen atoms in total. The third kappa shape index (κ3) is 9.88. The lowest BCUT2D eigenvalue weighted by molar-refractivity contribution is -0.182. The van der Waals surface area contributed by atoms with Crippen molar-refractivity contribution in [3.8, 4) is 17.1 Å². The van der Waals surface area contributed by atoms with E-state index < -0.39 is 23.8 Å². The van der Waals surface area contributed by atoms with E-state index in [1.807, 2.05) is 6.92 Å². The molecule has 1 fully saturated rings. The Hall–Kier alpha value is -3.06. The van der Waals surface area contributed by atoms with Gasteiger partial charge < -0.3 is 24.9 Å². The molecule has 0 radical (unpaired) electrons. The minimum Gasteiger partial charge on any atom is -0.481 e. The molecular weight excluding hydrogens is 522 g/mol. The number of hydrogen-bond donors (Lipinski definition) is 3. The molecule has 1 aliphatic rings. The fourth-order valence-corrected chi connectivity index (χ4v) is 4.33. The van der Waals surface area contributed by atoms with Crippen molar-refractivity contribution in [2.24, 2.45) is 11.8 Å². The van der Waals surface area contributed by atoms with Crippen LogP contribution in [0.25, 0.3) is 11.3 Å². The van der Waals surface area contributed by atoms with Gasteiger partial charge in [-0.2, -0.15) is 18.3 Å². The number of carbonyl (C=O) groups is 2. The molecule has 1 amide bonds. The molecule has 2 aromatic rings. The van der Waals surface area contributed by atoms with Gasteiger partial charge >= 0.3 is 6.18 Å². The Morgan fingerprint density at radius 2 is 1.92 bits per heavy atom. The monoisotopic (exact) mass is 559 g/mol. The number of carbonyl (C=O) groups excluding carboxylic acids is 2. The normalized spacial score (nSPS) is 18.9. The lowest BCUT2D eigenvalue weighted by atomic mass is 9.86. The maximum Gasteiger partial charge on any atom is 0.391 e. The molecule has 218 valence electrons. The topological polar surface area (TPSA) is 118 Å². The highest BCUT2D eigenvalue weighted by molar-refractivity contribution is 5.93. The van der Waals surface area contributed by atoms with Crippen LogP contribution in [0.4, 0.5) is 17.6 Å². The molecular formula is C26H37F4N5O4. The van der Waals surface area contributed by atoms with Gasteiger partial charge in [0.15, 0.2) is 5.82 Å². The summed E-state index contributed by atoms with van der Waals surface area (Å²) in [5, 5.41) is 12.4. The zero-order chi connectivity index (χ0) is 29.0. The van der Waals surface area contributed by atoms with E-state index in [1.165, 1.54) is 26.4 Å². The summed E-state index contributed by atoms with van der Waals surface area (Å²) in [6.07, 6.45) is 0.960. The van der Waals surface area contributed by atoms with Crippen LogP contribution >= 0.6 is 0 Å².